The van der Waals surface area contributed by atoms with E-state index in [-0.39, 0.29) is 5.91 Å². The molecule has 0 bridgehead atoms. The van der Waals surface area contributed by atoms with E-state index in [0.717, 1.165) is 44.6 Å². The minimum Gasteiger partial charge on any atom is -0.357 e. The summed E-state index contributed by atoms with van der Waals surface area (Å²) < 4.78 is 0. The number of hydrogen-bond donors (Lipinski definition) is 1. The van der Waals surface area contributed by atoms with Gasteiger partial charge < -0.3 is 10.2 Å². The van der Waals surface area contributed by atoms with Crippen LogP contribution in [0.5, 0.6) is 0 Å². The minimum absolute atomic E-state index is 0.000849. The molecule has 1 aromatic rings. The number of carbonyl (C=O) groups excluding carboxylic acids is 1. The predicted octanol–water partition coefficient (Wildman–Crippen LogP) is 2.60. The van der Waals surface area contributed by atoms with Crippen LogP contribution in [0.4, 0.5) is 5.82 Å². The lowest BCUT2D eigenvalue weighted by Crippen LogP contribution is -2.27. The highest BCUT2D eigenvalue weighted by atomic mass is 16.1. The van der Waals surface area contributed by atoms with Gasteiger partial charge in [0.1, 0.15) is 5.82 Å². The smallest absolute Gasteiger partial charge is 0.253 e. The molecule has 104 valence electrons. The Labute approximate surface area is 115 Å². The first-order valence-electron chi connectivity index (χ1n) is 7.26. The zero-order valence-electron chi connectivity index (χ0n) is 11.9. The molecule has 1 heterocycles. The van der Waals surface area contributed by atoms with Gasteiger partial charge in [-0.05, 0) is 37.8 Å². The van der Waals surface area contributed by atoms with Crippen LogP contribution < -0.4 is 10.2 Å². The number of anilines is 1. The molecule has 1 amide bonds. The Morgan fingerprint density at radius 2 is 2.00 bits per heavy atom. The molecule has 1 saturated carbocycles. The molecule has 1 N–H and O–H groups in total. The van der Waals surface area contributed by atoms with Gasteiger partial charge in [-0.2, -0.15) is 0 Å². The van der Waals surface area contributed by atoms with E-state index in [0.29, 0.717) is 11.6 Å². The van der Waals surface area contributed by atoms with E-state index in [9.17, 15) is 4.79 Å². The maximum absolute atomic E-state index is 11.9. The third kappa shape index (κ3) is 3.94. The predicted molar refractivity (Wildman–Crippen MR) is 77.5 cm³/mol. The van der Waals surface area contributed by atoms with Crippen LogP contribution in [0, 0.1) is 0 Å². The molecule has 1 aliphatic rings. The molecule has 1 aromatic heterocycles. The topological polar surface area (TPSA) is 45.2 Å². The van der Waals surface area contributed by atoms with Crippen LogP contribution >= 0.6 is 0 Å². The maximum atomic E-state index is 11.9. The van der Waals surface area contributed by atoms with Gasteiger partial charge in [-0.3, -0.25) is 4.79 Å². The van der Waals surface area contributed by atoms with Gasteiger partial charge in [0.25, 0.3) is 5.91 Å². The van der Waals surface area contributed by atoms with E-state index in [1.165, 1.54) is 0 Å². The number of nitrogens with zero attached hydrogens (tertiary/aromatic N) is 2. The summed E-state index contributed by atoms with van der Waals surface area (Å²) in [5, 5.41) is 2.98. The van der Waals surface area contributed by atoms with Gasteiger partial charge in [-0.15, -0.1) is 0 Å². The van der Waals surface area contributed by atoms with Crippen LogP contribution in [-0.2, 0) is 0 Å². The van der Waals surface area contributed by atoms with Gasteiger partial charge in [-0.25, -0.2) is 4.98 Å². The van der Waals surface area contributed by atoms with E-state index in [1.54, 1.807) is 6.20 Å². The fourth-order valence-corrected chi connectivity index (χ4v) is 2.08. The van der Waals surface area contributed by atoms with Gasteiger partial charge >= 0.3 is 0 Å². The Kier molecular flexibility index (Phi) is 4.77. The summed E-state index contributed by atoms with van der Waals surface area (Å²) in [6.45, 7) is 6.35. The molecule has 0 aliphatic heterocycles. The van der Waals surface area contributed by atoms with Crippen molar-refractivity contribution in [2.75, 3.05) is 18.0 Å². The van der Waals surface area contributed by atoms with Gasteiger partial charge in [0.15, 0.2) is 0 Å². The molecule has 2 rings (SSSR count). The number of nitrogens with one attached hydrogen (secondary N) is 1. The second kappa shape index (κ2) is 6.55. The molecular weight excluding hydrogens is 238 g/mol. The Morgan fingerprint density at radius 3 is 2.47 bits per heavy atom. The highest BCUT2D eigenvalue weighted by Crippen LogP contribution is 2.19. The molecule has 4 nitrogen and oxygen atoms in total. The second-order valence-electron chi connectivity index (χ2n) is 5.14. The zero-order valence-corrected chi connectivity index (χ0v) is 11.9. The van der Waals surface area contributed by atoms with Crippen molar-refractivity contribution >= 4 is 11.7 Å². The fraction of sp³-hybridized carbons (Fsp3) is 0.600. The normalized spacial score (nSPS) is 14.2. The Bertz CT molecular complexity index is 406. The third-order valence-corrected chi connectivity index (χ3v) is 3.23. The first kappa shape index (κ1) is 13.8. The van der Waals surface area contributed by atoms with E-state index in [1.807, 2.05) is 12.1 Å². The number of aromatic nitrogens is 1. The second-order valence-corrected chi connectivity index (χ2v) is 5.14. The average Bonchev–Trinajstić information content (AvgIpc) is 3.23. The van der Waals surface area contributed by atoms with E-state index < -0.39 is 0 Å². The lowest BCUT2D eigenvalue weighted by atomic mass is 10.2. The summed E-state index contributed by atoms with van der Waals surface area (Å²) in [4.78, 5) is 18.6. The molecule has 0 atom stereocenters. The number of amides is 1. The number of rotatable bonds is 7. The highest BCUT2D eigenvalue weighted by molar-refractivity contribution is 5.94. The summed E-state index contributed by atoms with van der Waals surface area (Å²) >= 11 is 0. The van der Waals surface area contributed by atoms with E-state index in [2.05, 4.69) is 29.0 Å². The van der Waals surface area contributed by atoms with Crippen molar-refractivity contribution in [2.24, 2.45) is 0 Å². The summed E-state index contributed by atoms with van der Waals surface area (Å²) in [7, 11) is 0. The standard InChI is InChI=1S/C15H23N3O/c1-3-9-18(10-4-2)14-8-5-12(11-16-14)15(19)17-13-6-7-13/h5,8,11,13H,3-4,6-7,9-10H2,1-2H3,(H,17,19). The highest BCUT2D eigenvalue weighted by Gasteiger charge is 2.23. The molecule has 1 aliphatic carbocycles. The Hall–Kier alpha value is -1.58. The van der Waals surface area contributed by atoms with Crippen LogP contribution in [0.3, 0.4) is 0 Å². The SMILES string of the molecule is CCCN(CCC)c1ccc(C(=O)NC2CC2)cn1. The Balaban J connectivity index is 2.00. The molecule has 0 aromatic carbocycles. The summed E-state index contributed by atoms with van der Waals surface area (Å²) in [5.41, 5.74) is 0.656. The molecular formula is C15H23N3O. The molecule has 0 spiro atoms. The number of carbonyl (C=O) groups is 1. The van der Waals surface area contributed by atoms with Crippen LogP contribution in [-0.4, -0.2) is 30.0 Å². The first-order chi connectivity index (χ1) is 9.24. The molecule has 19 heavy (non-hydrogen) atoms. The number of hydrogen-bond acceptors (Lipinski definition) is 3. The van der Waals surface area contributed by atoms with Gasteiger partial charge in [-0.1, -0.05) is 13.8 Å². The van der Waals surface area contributed by atoms with Crippen LogP contribution in [0.2, 0.25) is 0 Å². The van der Waals surface area contributed by atoms with Crippen LogP contribution in [0.25, 0.3) is 0 Å². The van der Waals surface area contributed by atoms with Crippen molar-refractivity contribution in [2.45, 2.75) is 45.6 Å². The van der Waals surface area contributed by atoms with Crippen molar-refractivity contribution in [1.82, 2.24) is 10.3 Å². The summed E-state index contributed by atoms with van der Waals surface area (Å²) in [6, 6.07) is 4.22. The van der Waals surface area contributed by atoms with Crippen molar-refractivity contribution in [3.8, 4) is 0 Å². The third-order valence-electron chi connectivity index (χ3n) is 3.23. The van der Waals surface area contributed by atoms with Gasteiger partial charge in [0.05, 0.1) is 5.56 Å². The monoisotopic (exact) mass is 261 g/mol. The molecule has 1 fully saturated rings. The van der Waals surface area contributed by atoms with Crippen molar-refractivity contribution in [1.29, 1.82) is 0 Å². The van der Waals surface area contributed by atoms with Crippen molar-refractivity contribution < 1.29 is 4.79 Å². The van der Waals surface area contributed by atoms with Crippen molar-refractivity contribution in [3.05, 3.63) is 23.9 Å². The first-order valence-corrected chi connectivity index (χ1v) is 7.26. The average molecular weight is 261 g/mol. The largest absolute Gasteiger partial charge is 0.357 e. The molecule has 0 saturated heterocycles. The lowest BCUT2D eigenvalue weighted by molar-refractivity contribution is 0.0950. The Morgan fingerprint density at radius 1 is 1.32 bits per heavy atom. The minimum atomic E-state index is -0.000849. The lowest BCUT2D eigenvalue weighted by Gasteiger charge is -2.22. The maximum Gasteiger partial charge on any atom is 0.253 e. The van der Waals surface area contributed by atoms with Crippen LogP contribution in [0.15, 0.2) is 18.3 Å². The van der Waals surface area contributed by atoms with Gasteiger partial charge in [0.2, 0.25) is 0 Å². The molecule has 0 unspecified atom stereocenters. The summed E-state index contributed by atoms with van der Waals surface area (Å²) in [6.07, 6.45) is 6.11. The van der Waals surface area contributed by atoms with E-state index in [4.69, 9.17) is 0 Å². The van der Waals surface area contributed by atoms with Gasteiger partial charge in [0, 0.05) is 25.3 Å². The summed E-state index contributed by atoms with van der Waals surface area (Å²) in [5.74, 6) is 0.964. The molecule has 4 heteroatoms. The fourth-order valence-electron chi connectivity index (χ4n) is 2.08. The van der Waals surface area contributed by atoms with Crippen molar-refractivity contribution in [3.63, 3.8) is 0 Å². The van der Waals surface area contributed by atoms with Crippen LogP contribution in [0.1, 0.15) is 49.9 Å². The zero-order chi connectivity index (χ0) is 13.7. The van der Waals surface area contributed by atoms with E-state index >= 15 is 0 Å². The number of pyridine rings is 1. The molecule has 0 radical (unpaired) electrons. The quantitative estimate of drug-likeness (QED) is 0.820.